The maximum Gasteiger partial charge on any atom is 0.330 e. The molecule has 5 saturated heterocycles. The summed E-state index contributed by atoms with van der Waals surface area (Å²) in [7, 11) is -16.4. The van der Waals surface area contributed by atoms with Gasteiger partial charge in [-0.1, -0.05) is 292 Å². The number of carbonyl (C=O) groups is 2. The standard InChI is InChI=1S/C100H158O14Si6/c1-33-35-56-82-92(112-116(27,28)96(10,11)12)94(114-118(31,32)98(16,17)18)93(113-117(29,30)97(13,14)15)91(108-82)83(110-115(25,26)95(7,8)9)61-58-73(101)57-59-74-66-70(4)80(104-74)62-60-75-65-69(3)71(5)84(105-75)67-86-90(109-88(102)34-2)72(6)89-87(106-86)68-85(111-120(100(22,23)24,78-52-44-38-45-53-78)79-54-46-39-47-55-79)81(107-89)63-64-103-119(99(19,20)21,76-48-40-36-41-49-76)77-50-42-37-43-51-77/h33-34,36-55,58,61,69,72,74-75,80-87,89-94H,1-2,4-5,35,56-57,59-60,62-68H2,3,6-32H3/b61-58+/t69-,72+,74+,75+,80+,81-,82+,83+,84-,85-,86+,87+,89+,90-,91-,92+,93-,94+/m1/s1. The van der Waals surface area contributed by atoms with Gasteiger partial charge in [0.2, 0.25) is 0 Å². The lowest BCUT2D eigenvalue weighted by Crippen LogP contribution is -2.70. The van der Waals surface area contributed by atoms with E-state index >= 15 is 0 Å². The third-order valence-corrected chi connectivity index (χ3v) is 56.9. The number of ether oxygens (including phenoxy) is 6. The summed E-state index contributed by atoms with van der Waals surface area (Å²) in [6.45, 7) is 82.0. The highest BCUT2D eigenvalue weighted by Gasteiger charge is 2.61. The minimum atomic E-state index is -3.20. The smallest absolute Gasteiger partial charge is 0.330 e. The highest BCUT2D eigenvalue weighted by molar-refractivity contribution is 7.00. The van der Waals surface area contributed by atoms with Crippen molar-refractivity contribution in [2.45, 2.75) is 389 Å². The molecule has 0 aromatic heterocycles. The number of fused-ring (bicyclic) bond motifs is 1. The Morgan fingerprint density at radius 2 is 0.958 bits per heavy atom. The highest BCUT2D eigenvalue weighted by Crippen LogP contribution is 2.51. The van der Waals surface area contributed by atoms with Gasteiger partial charge >= 0.3 is 5.97 Å². The Morgan fingerprint density at radius 3 is 1.43 bits per heavy atom. The molecule has 5 fully saturated rings. The maximum absolute atomic E-state index is 14.7. The lowest BCUT2D eigenvalue weighted by Gasteiger charge is -2.56. The molecule has 20 heteroatoms. The number of allylic oxidation sites excluding steroid dienone is 2. The molecule has 120 heavy (non-hydrogen) atoms. The second-order valence-corrected chi connectivity index (χ2v) is 71.4. The minimum absolute atomic E-state index is 0.00777. The molecule has 0 aliphatic carbocycles. The van der Waals surface area contributed by atoms with Crippen LogP contribution in [-0.4, -0.2) is 166 Å². The largest absolute Gasteiger partial charge is 0.456 e. The summed E-state index contributed by atoms with van der Waals surface area (Å²) in [5.74, 6) is -0.705. The van der Waals surface area contributed by atoms with Crippen LogP contribution in [0.25, 0.3) is 0 Å². The second kappa shape index (κ2) is 39.4. The van der Waals surface area contributed by atoms with Crippen molar-refractivity contribution in [1.82, 2.24) is 0 Å². The summed E-state index contributed by atoms with van der Waals surface area (Å²) in [6.07, 6.45) is 6.37. The van der Waals surface area contributed by atoms with Gasteiger partial charge in [0.15, 0.2) is 39.1 Å². The Kier molecular flexibility index (Phi) is 32.7. The zero-order chi connectivity index (χ0) is 89.0. The Balaban J connectivity index is 0.941. The van der Waals surface area contributed by atoms with Gasteiger partial charge in [0.25, 0.3) is 16.6 Å². The molecule has 14 nitrogen and oxygen atoms in total. The minimum Gasteiger partial charge on any atom is -0.456 e. The molecule has 9 rings (SSSR count). The predicted octanol–water partition coefficient (Wildman–Crippen LogP) is 22.0. The van der Waals surface area contributed by atoms with Gasteiger partial charge in [-0.2, -0.15) is 0 Å². The number of esters is 1. The third kappa shape index (κ3) is 22.9. The number of carbonyl (C=O) groups excluding carboxylic acids is 2. The first-order valence-corrected chi connectivity index (χ1v) is 60.6. The van der Waals surface area contributed by atoms with Crippen molar-refractivity contribution in [1.29, 1.82) is 0 Å². The molecular formula is C100H158O14Si6. The molecule has 666 valence electrons. The van der Waals surface area contributed by atoms with Gasteiger partial charge in [-0.25, -0.2) is 4.79 Å². The molecule has 0 saturated carbocycles. The molecule has 5 aliphatic rings. The van der Waals surface area contributed by atoms with Gasteiger partial charge < -0.3 is 55.0 Å². The number of rotatable bonds is 34. The molecular weight excluding hydrogens is 1590 g/mol. The number of hydrogen-bond donors (Lipinski definition) is 0. The zero-order valence-electron chi connectivity index (χ0n) is 79.3. The third-order valence-electron chi connectivity index (χ3n) is 28.9. The van der Waals surface area contributed by atoms with Gasteiger partial charge in [-0.15, -0.1) is 6.58 Å². The normalized spacial score (nSPS) is 27.8. The predicted molar refractivity (Wildman–Crippen MR) is 509 cm³/mol. The van der Waals surface area contributed by atoms with Crippen LogP contribution in [0.5, 0.6) is 0 Å². The van der Waals surface area contributed by atoms with E-state index in [0.29, 0.717) is 51.6 Å². The maximum atomic E-state index is 14.7. The molecule has 5 heterocycles. The van der Waals surface area contributed by atoms with Crippen molar-refractivity contribution in [3.8, 4) is 0 Å². The second-order valence-electron chi connectivity index (χ2n) is 43.8. The van der Waals surface area contributed by atoms with Crippen LogP contribution in [0.2, 0.25) is 82.6 Å². The number of ketones is 1. The lowest BCUT2D eigenvalue weighted by atomic mass is 9.79. The first-order chi connectivity index (χ1) is 55.6. The fraction of sp³-hybridized carbons (Fsp3) is 0.640. The fourth-order valence-electron chi connectivity index (χ4n) is 17.7. The number of benzene rings is 4. The van der Waals surface area contributed by atoms with E-state index in [9.17, 15) is 9.59 Å². The summed E-state index contributed by atoms with van der Waals surface area (Å²) >= 11 is 0. The summed E-state index contributed by atoms with van der Waals surface area (Å²) in [5.41, 5.74) is 2.02. The van der Waals surface area contributed by atoms with Crippen molar-refractivity contribution in [3.63, 3.8) is 0 Å². The fourth-order valence-corrected chi connectivity index (χ4v) is 32.2. The molecule has 0 radical (unpaired) electrons. The van der Waals surface area contributed by atoms with E-state index in [1.807, 2.05) is 12.2 Å². The average molecular weight is 1750 g/mol. The van der Waals surface area contributed by atoms with E-state index < -0.39 is 129 Å². The molecule has 4 aromatic carbocycles. The molecule has 4 aromatic rings. The number of hydrogen-bond acceptors (Lipinski definition) is 14. The molecule has 0 amide bonds. The van der Waals surface area contributed by atoms with Crippen molar-refractivity contribution in [2.75, 3.05) is 6.61 Å². The summed E-state index contributed by atoms with van der Waals surface area (Å²) in [6, 6.07) is 43.3. The molecule has 18 atom stereocenters. The van der Waals surface area contributed by atoms with E-state index in [4.69, 9.17) is 61.6 Å². The molecule has 0 unspecified atom stereocenters. The van der Waals surface area contributed by atoms with E-state index in [2.05, 4.69) is 332 Å². The summed E-state index contributed by atoms with van der Waals surface area (Å²) < 4.78 is 90.3. The average Bonchev–Trinajstić information content (AvgIpc) is 0.741. The monoisotopic (exact) mass is 1750 g/mol. The molecule has 0 bridgehead atoms. The van der Waals surface area contributed by atoms with Crippen LogP contribution in [0, 0.1) is 11.8 Å². The van der Waals surface area contributed by atoms with Gasteiger partial charge in [-0.05, 0) is 178 Å². The van der Waals surface area contributed by atoms with Crippen LogP contribution in [0.1, 0.15) is 209 Å². The molecule has 0 N–H and O–H groups in total. The summed E-state index contributed by atoms with van der Waals surface area (Å²) in [5, 5.41) is 3.67. The van der Waals surface area contributed by atoms with E-state index in [1.165, 1.54) is 26.8 Å². The zero-order valence-corrected chi connectivity index (χ0v) is 85.3. The first-order valence-electron chi connectivity index (χ1n) is 45.2. The van der Waals surface area contributed by atoms with E-state index in [1.54, 1.807) is 6.08 Å². The van der Waals surface area contributed by atoms with Crippen molar-refractivity contribution in [2.24, 2.45) is 11.8 Å². The Labute approximate surface area is 733 Å². The topological polar surface area (TPSA) is 145 Å². The van der Waals surface area contributed by atoms with Gasteiger partial charge in [-0.3, -0.25) is 4.79 Å². The van der Waals surface area contributed by atoms with Gasteiger partial charge in [0.05, 0.1) is 73.2 Å². The van der Waals surface area contributed by atoms with Crippen LogP contribution < -0.4 is 20.7 Å². The van der Waals surface area contributed by atoms with Crippen LogP contribution in [0.3, 0.4) is 0 Å². The lowest BCUT2D eigenvalue weighted by molar-refractivity contribution is -0.270. The van der Waals surface area contributed by atoms with E-state index in [-0.39, 0.29) is 78.7 Å². The first kappa shape index (κ1) is 99.4. The Morgan fingerprint density at radius 1 is 0.483 bits per heavy atom. The van der Waals surface area contributed by atoms with Crippen LogP contribution in [0.4, 0.5) is 0 Å². The highest BCUT2D eigenvalue weighted by atomic mass is 28.4. The van der Waals surface area contributed by atoms with Gasteiger partial charge in [0, 0.05) is 37.9 Å². The van der Waals surface area contributed by atoms with Crippen LogP contribution in [0.15, 0.2) is 183 Å². The van der Waals surface area contributed by atoms with Crippen molar-refractivity contribution in [3.05, 3.63) is 183 Å². The van der Waals surface area contributed by atoms with Crippen LogP contribution in [-0.2, 0) is 64.6 Å². The molecule has 5 aliphatic heterocycles. The Hall–Kier alpha value is -4.42. The van der Waals surface area contributed by atoms with Crippen molar-refractivity contribution < 1.29 is 64.6 Å². The van der Waals surface area contributed by atoms with E-state index in [0.717, 1.165) is 30.4 Å². The van der Waals surface area contributed by atoms with Crippen LogP contribution >= 0.6 is 0 Å². The summed E-state index contributed by atoms with van der Waals surface area (Å²) in [4.78, 5) is 28.5. The molecule has 0 spiro atoms. The van der Waals surface area contributed by atoms with Gasteiger partial charge in [0.1, 0.15) is 24.4 Å². The Bertz CT molecular complexity index is 3970. The van der Waals surface area contributed by atoms with Crippen molar-refractivity contribution >= 4 is 82.4 Å². The SMILES string of the molecule is C=CCC[C@@H]1O[C@H]([C@H](/C=C/C(=O)CC[C@H]2CC(=C)[C@H](CC[C@H]3C[C@@H](C)C(=C)[C@@H](C[C@@H]4O[C@H]5C[C@@H](O[Si](c6ccccc6)(c6ccccc6)C(C)(C)C)[C@@H](CCO[Si](c6ccccc6)(c6ccccc6)C(C)(C)C)O[C@H]5[C@H](C)[C@H]4OC(=O)C=C)O3)O2)O[Si](C)(C)C(C)(C)C)[C@@H](O[Si](C)(C)C(C)(C)C)[C@@H](O[Si](C)(C)C(C)(C)C)[C@H]1O[Si](C)(C)C(C)(C)C. The quantitative estimate of drug-likeness (QED) is 0.0189.